The molecule has 0 aliphatic carbocycles. The first-order valence-corrected chi connectivity index (χ1v) is 5.35. The van der Waals surface area contributed by atoms with E-state index in [4.69, 9.17) is 0 Å². The molecule has 0 radical (unpaired) electrons. The summed E-state index contributed by atoms with van der Waals surface area (Å²) in [7, 11) is 0. The van der Waals surface area contributed by atoms with Crippen molar-refractivity contribution in [1.29, 1.82) is 0 Å². The predicted octanol–water partition coefficient (Wildman–Crippen LogP) is 1.81. The Labute approximate surface area is 99.6 Å². The van der Waals surface area contributed by atoms with Gasteiger partial charge >= 0.3 is 0 Å². The van der Waals surface area contributed by atoms with Gasteiger partial charge in [-0.1, -0.05) is 18.2 Å². The van der Waals surface area contributed by atoms with Gasteiger partial charge < -0.3 is 10.4 Å². The highest BCUT2D eigenvalue weighted by Gasteiger charge is 2.03. The highest BCUT2D eigenvalue weighted by atomic mass is 16.3. The number of anilines is 1. The molecule has 1 aromatic heterocycles. The lowest BCUT2D eigenvalue weighted by Crippen LogP contribution is -2.07. The molecule has 5 nitrogen and oxygen atoms in total. The maximum Gasteiger partial charge on any atom is 0.243 e. The van der Waals surface area contributed by atoms with Crippen LogP contribution in [0.25, 0.3) is 0 Å². The molecule has 1 aromatic carbocycles. The number of phenols is 1. The van der Waals surface area contributed by atoms with Crippen LogP contribution < -0.4 is 5.32 Å². The third kappa shape index (κ3) is 2.69. The highest BCUT2D eigenvalue weighted by Crippen LogP contribution is 2.16. The van der Waals surface area contributed by atoms with Crippen LogP contribution in [0.4, 0.5) is 5.95 Å². The van der Waals surface area contributed by atoms with Crippen LogP contribution in [-0.2, 0) is 6.54 Å². The number of aromatic hydroxyl groups is 1. The Balaban J connectivity index is 2.08. The third-order valence-corrected chi connectivity index (χ3v) is 2.52. The largest absolute Gasteiger partial charge is 0.508 e. The fraction of sp³-hybridized carbons (Fsp3) is 0.250. The molecule has 0 aliphatic heterocycles. The lowest BCUT2D eigenvalue weighted by atomic mass is 10.2. The van der Waals surface area contributed by atoms with Crippen LogP contribution in [0.5, 0.6) is 5.75 Å². The fourth-order valence-electron chi connectivity index (χ4n) is 1.37. The summed E-state index contributed by atoms with van der Waals surface area (Å²) in [6, 6.07) is 7.15. The van der Waals surface area contributed by atoms with Crippen molar-refractivity contribution in [3.63, 3.8) is 0 Å². The summed E-state index contributed by atoms with van der Waals surface area (Å²) in [5.74, 6) is 0.730. The molecule has 2 N–H and O–H groups in total. The molecule has 0 saturated carbocycles. The van der Waals surface area contributed by atoms with E-state index in [0.29, 0.717) is 12.5 Å². The van der Waals surface area contributed by atoms with Gasteiger partial charge in [-0.2, -0.15) is 5.10 Å². The zero-order valence-electron chi connectivity index (χ0n) is 9.81. The fourth-order valence-corrected chi connectivity index (χ4v) is 1.37. The van der Waals surface area contributed by atoms with Gasteiger partial charge in [0.05, 0.1) is 11.4 Å². The summed E-state index contributed by atoms with van der Waals surface area (Å²) in [5, 5.41) is 20.5. The number of aryl methyl sites for hydroxylation is 2. The number of aromatic nitrogens is 3. The second-order valence-electron chi connectivity index (χ2n) is 3.79. The molecular weight excluding hydrogens is 216 g/mol. The molecule has 88 valence electrons. The van der Waals surface area contributed by atoms with E-state index in [1.54, 1.807) is 12.1 Å². The summed E-state index contributed by atoms with van der Waals surface area (Å²) in [5.41, 5.74) is 2.47. The number of nitrogens with one attached hydrogen (secondary N) is 1. The van der Waals surface area contributed by atoms with Crippen LogP contribution in [0.2, 0.25) is 0 Å². The summed E-state index contributed by atoms with van der Waals surface area (Å²) in [6.07, 6.45) is 0. The first kappa shape index (κ1) is 11.3. The van der Waals surface area contributed by atoms with E-state index in [1.165, 1.54) is 0 Å². The smallest absolute Gasteiger partial charge is 0.243 e. The molecule has 5 heteroatoms. The van der Waals surface area contributed by atoms with E-state index in [-0.39, 0.29) is 5.75 Å². The molecule has 17 heavy (non-hydrogen) atoms. The maximum absolute atomic E-state index is 9.59. The second-order valence-corrected chi connectivity index (χ2v) is 3.79. The molecule has 0 saturated heterocycles. The van der Waals surface area contributed by atoms with Gasteiger partial charge in [-0.25, -0.2) is 4.98 Å². The van der Waals surface area contributed by atoms with Crippen LogP contribution in [0.3, 0.4) is 0 Å². The first-order valence-electron chi connectivity index (χ1n) is 5.35. The second kappa shape index (κ2) is 4.78. The lowest BCUT2D eigenvalue weighted by molar-refractivity contribution is 0.469. The van der Waals surface area contributed by atoms with Crippen LogP contribution in [-0.4, -0.2) is 20.3 Å². The van der Waals surface area contributed by atoms with E-state index < -0.39 is 0 Å². The highest BCUT2D eigenvalue weighted by molar-refractivity contribution is 5.35. The first-order chi connectivity index (χ1) is 8.16. The average molecular weight is 230 g/mol. The molecule has 0 aliphatic rings. The van der Waals surface area contributed by atoms with Gasteiger partial charge in [0.1, 0.15) is 5.75 Å². The van der Waals surface area contributed by atoms with Gasteiger partial charge in [-0.3, -0.25) is 0 Å². The topological polar surface area (TPSA) is 70.9 Å². The third-order valence-electron chi connectivity index (χ3n) is 2.52. The van der Waals surface area contributed by atoms with Crippen molar-refractivity contribution >= 4 is 5.95 Å². The van der Waals surface area contributed by atoms with Gasteiger partial charge in [0.2, 0.25) is 5.95 Å². The van der Waals surface area contributed by atoms with Crippen molar-refractivity contribution in [3.8, 4) is 5.75 Å². The monoisotopic (exact) mass is 230 g/mol. The Kier molecular flexibility index (Phi) is 3.18. The molecule has 0 unspecified atom stereocenters. The summed E-state index contributed by atoms with van der Waals surface area (Å²) < 4.78 is 0. The van der Waals surface area contributed by atoms with Crippen LogP contribution >= 0.6 is 0 Å². The van der Waals surface area contributed by atoms with Crippen molar-refractivity contribution < 1.29 is 5.11 Å². The average Bonchev–Trinajstić information content (AvgIpc) is 2.32. The minimum atomic E-state index is 0.261. The molecule has 0 bridgehead atoms. The lowest BCUT2D eigenvalue weighted by Gasteiger charge is -2.07. The summed E-state index contributed by atoms with van der Waals surface area (Å²) in [4.78, 5) is 4.25. The molecule has 1 heterocycles. The number of hydrogen-bond donors (Lipinski definition) is 2. The Morgan fingerprint density at radius 1 is 1.12 bits per heavy atom. The van der Waals surface area contributed by atoms with Gasteiger partial charge in [0.15, 0.2) is 0 Å². The number of rotatable bonds is 3. The maximum atomic E-state index is 9.59. The van der Waals surface area contributed by atoms with E-state index in [9.17, 15) is 5.11 Å². The number of nitrogens with zero attached hydrogens (tertiary/aromatic N) is 3. The van der Waals surface area contributed by atoms with Gasteiger partial charge in [-0.15, -0.1) is 5.10 Å². The van der Waals surface area contributed by atoms with Crippen molar-refractivity contribution in [3.05, 3.63) is 41.2 Å². The van der Waals surface area contributed by atoms with Gasteiger partial charge in [-0.05, 0) is 19.9 Å². The Morgan fingerprint density at radius 2 is 1.88 bits per heavy atom. The number of benzene rings is 1. The Morgan fingerprint density at radius 3 is 2.59 bits per heavy atom. The van der Waals surface area contributed by atoms with E-state index >= 15 is 0 Å². The van der Waals surface area contributed by atoms with Crippen molar-refractivity contribution in [2.75, 3.05) is 5.32 Å². The van der Waals surface area contributed by atoms with E-state index in [1.807, 2.05) is 26.0 Å². The van der Waals surface area contributed by atoms with Gasteiger partial charge in [0.25, 0.3) is 0 Å². The molecular formula is C12H14N4O. The summed E-state index contributed by atoms with van der Waals surface area (Å²) in [6.45, 7) is 4.22. The zero-order valence-corrected chi connectivity index (χ0v) is 9.81. The van der Waals surface area contributed by atoms with Crippen molar-refractivity contribution in [2.45, 2.75) is 20.4 Å². The van der Waals surface area contributed by atoms with Crippen LogP contribution in [0.1, 0.15) is 17.0 Å². The molecule has 0 amide bonds. The van der Waals surface area contributed by atoms with Crippen LogP contribution in [0, 0.1) is 13.8 Å². The normalized spacial score (nSPS) is 10.2. The molecule has 2 rings (SSSR count). The Hall–Kier alpha value is -2.17. The van der Waals surface area contributed by atoms with Crippen molar-refractivity contribution in [2.24, 2.45) is 0 Å². The molecule has 0 fully saturated rings. The SMILES string of the molecule is Cc1nnc(NCc2ccccc2O)nc1C. The molecule has 0 atom stereocenters. The van der Waals surface area contributed by atoms with E-state index in [2.05, 4.69) is 20.5 Å². The number of hydrogen-bond acceptors (Lipinski definition) is 5. The minimum absolute atomic E-state index is 0.261. The predicted molar refractivity (Wildman–Crippen MR) is 64.7 cm³/mol. The molecule has 0 spiro atoms. The Bertz CT molecular complexity index is 528. The minimum Gasteiger partial charge on any atom is -0.508 e. The zero-order chi connectivity index (χ0) is 12.3. The van der Waals surface area contributed by atoms with Gasteiger partial charge in [0, 0.05) is 12.1 Å². The standard InChI is InChI=1S/C12H14N4O/c1-8-9(2)15-16-12(14-8)13-7-10-5-3-4-6-11(10)17/h3-6,17H,7H2,1-2H3,(H,13,14,16). The number of phenolic OH excluding ortho intramolecular Hbond substituents is 1. The van der Waals surface area contributed by atoms with Crippen molar-refractivity contribution in [1.82, 2.24) is 15.2 Å². The van der Waals surface area contributed by atoms with E-state index in [0.717, 1.165) is 17.0 Å². The number of para-hydroxylation sites is 1. The van der Waals surface area contributed by atoms with Crippen LogP contribution in [0.15, 0.2) is 24.3 Å². The summed E-state index contributed by atoms with van der Waals surface area (Å²) >= 11 is 0. The quantitative estimate of drug-likeness (QED) is 0.841. The molecule has 2 aromatic rings.